The van der Waals surface area contributed by atoms with Crippen LogP contribution in [0.2, 0.25) is 0 Å². The lowest BCUT2D eigenvalue weighted by Crippen LogP contribution is -2.34. The number of nitrogens with zero attached hydrogens (tertiary/aromatic N) is 3. The molecule has 1 aromatic heterocycles. The van der Waals surface area contributed by atoms with Crippen LogP contribution in [-0.4, -0.2) is 43.0 Å². The minimum absolute atomic E-state index is 0.0519. The summed E-state index contributed by atoms with van der Waals surface area (Å²) in [6, 6.07) is 4.27. The number of hydrogen-bond donors (Lipinski definition) is 0. The lowest BCUT2D eigenvalue weighted by atomic mass is 10.0. The second-order valence-electron chi connectivity index (χ2n) is 7.08. The van der Waals surface area contributed by atoms with E-state index in [1.54, 1.807) is 0 Å². The molecule has 2 heterocycles. The zero-order chi connectivity index (χ0) is 15.2. The molecule has 21 heavy (non-hydrogen) atoms. The van der Waals surface area contributed by atoms with Crippen LogP contribution in [0.1, 0.15) is 43.5 Å². The van der Waals surface area contributed by atoms with Crippen molar-refractivity contribution in [3.63, 3.8) is 0 Å². The van der Waals surface area contributed by atoms with Gasteiger partial charge in [0.25, 0.3) is 0 Å². The predicted octanol–water partition coefficient (Wildman–Crippen LogP) is 2.57. The fraction of sp³-hybridized carbons (Fsp3) is 0.647. The van der Waals surface area contributed by atoms with Gasteiger partial charge in [0.1, 0.15) is 0 Å². The largest absolute Gasteiger partial charge is 0.378 e. The van der Waals surface area contributed by atoms with Crippen molar-refractivity contribution in [3.05, 3.63) is 23.5 Å². The van der Waals surface area contributed by atoms with E-state index >= 15 is 0 Å². The number of hydrogen-bond acceptors (Lipinski definition) is 3. The summed E-state index contributed by atoms with van der Waals surface area (Å²) in [6.45, 7) is 5.85. The number of anilines is 1. The zero-order valence-electron chi connectivity index (χ0n) is 13.5. The van der Waals surface area contributed by atoms with E-state index < -0.39 is 0 Å². The molecule has 1 aliphatic carbocycles. The quantitative estimate of drug-likeness (QED) is 0.857. The minimum Gasteiger partial charge on any atom is -0.378 e. The number of rotatable bonds is 3. The predicted molar refractivity (Wildman–Crippen MR) is 84.6 cm³/mol. The molecular weight excluding hydrogens is 262 g/mol. The molecule has 0 spiro atoms. The number of amides is 1. The first kappa shape index (κ1) is 14.4. The Balaban J connectivity index is 1.75. The van der Waals surface area contributed by atoms with Crippen LogP contribution in [0.4, 0.5) is 5.69 Å². The van der Waals surface area contributed by atoms with E-state index in [1.165, 1.54) is 5.69 Å². The number of aromatic nitrogens is 1. The highest BCUT2D eigenvalue weighted by Gasteiger charge is 2.48. The Hall–Kier alpha value is -1.58. The summed E-state index contributed by atoms with van der Waals surface area (Å²) < 4.78 is 0. The van der Waals surface area contributed by atoms with Crippen LogP contribution < -0.4 is 4.90 Å². The highest BCUT2D eigenvalue weighted by atomic mass is 16.2. The topological polar surface area (TPSA) is 36.4 Å². The molecule has 2 aliphatic rings. The normalized spacial score (nSPS) is 23.2. The molecule has 0 aromatic carbocycles. The van der Waals surface area contributed by atoms with Gasteiger partial charge in [-0.3, -0.25) is 9.78 Å². The van der Waals surface area contributed by atoms with Crippen molar-refractivity contribution in [2.24, 2.45) is 5.41 Å². The van der Waals surface area contributed by atoms with Crippen molar-refractivity contribution in [1.82, 2.24) is 9.88 Å². The van der Waals surface area contributed by atoms with Gasteiger partial charge in [-0.05, 0) is 38.3 Å². The van der Waals surface area contributed by atoms with Gasteiger partial charge in [0.15, 0.2) is 0 Å². The average molecular weight is 287 g/mol. The van der Waals surface area contributed by atoms with E-state index in [4.69, 9.17) is 4.98 Å². The number of carbonyl (C=O) groups is 1. The summed E-state index contributed by atoms with van der Waals surface area (Å²) in [7, 11) is 4.11. The molecule has 4 heteroatoms. The van der Waals surface area contributed by atoms with Crippen LogP contribution in [0.15, 0.2) is 12.1 Å². The summed E-state index contributed by atoms with van der Waals surface area (Å²) >= 11 is 0. The summed E-state index contributed by atoms with van der Waals surface area (Å²) in [6.07, 6.45) is 3.14. The standard InChI is InChI=1S/C17H25N3O/c1-12-9-14(19(3)4)10-15(18-12)13-5-8-20(11-13)16(21)17(2)6-7-17/h9-10,13H,5-8,11H2,1-4H3. The first-order valence-corrected chi connectivity index (χ1v) is 7.84. The van der Waals surface area contributed by atoms with Crippen molar-refractivity contribution >= 4 is 11.6 Å². The van der Waals surface area contributed by atoms with Gasteiger partial charge in [0.05, 0.1) is 0 Å². The van der Waals surface area contributed by atoms with Crippen molar-refractivity contribution in [1.29, 1.82) is 0 Å². The molecule has 1 amide bonds. The summed E-state index contributed by atoms with van der Waals surface area (Å²) in [5.41, 5.74) is 3.32. The molecule has 0 radical (unpaired) electrons. The molecule has 1 unspecified atom stereocenters. The second-order valence-corrected chi connectivity index (χ2v) is 7.08. The van der Waals surface area contributed by atoms with Crippen LogP contribution in [0.25, 0.3) is 0 Å². The van der Waals surface area contributed by atoms with Crippen LogP contribution in [0, 0.1) is 12.3 Å². The highest BCUT2D eigenvalue weighted by Crippen LogP contribution is 2.47. The monoisotopic (exact) mass is 287 g/mol. The molecule has 3 rings (SSSR count). The Bertz CT molecular complexity index is 563. The van der Waals surface area contributed by atoms with Crippen LogP contribution >= 0.6 is 0 Å². The number of carbonyl (C=O) groups excluding carboxylic acids is 1. The van der Waals surface area contributed by atoms with E-state index in [9.17, 15) is 4.79 Å². The number of pyridine rings is 1. The third-order valence-corrected chi connectivity index (χ3v) is 4.88. The molecule has 1 aromatic rings. The molecule has 1 saturated carbocycles. The maximum absolute atomic E-state index is 12.4. The molecular formula is C17H25N3O. The van der Waals surface area contributed by atoms with Gasteiger partial charge >= 0.3 is 0 Å². The molecule has 1 saturated heterocycles. The van der Waals surface area contributed by atoms with Gasteiger partial charge in [-0.1, -0.05) is 6.92 Å². The van der Waals surface area contributed by atoms with Crippen LogP contribution in [0.3, 0.4) is 0 Å². The Morgan fingerprint density at radius 2 is 2.10 bits per heavy atom. The van der Waals surface area contributed by atoms with Gasteiger partial charge in [-0.15, -0.1) is 0 Å². The van der Waals surface area contributed by atoms with Gasteiger partial charge in [0, 0.05) is 55.6 Å². The Morgan fingerprint density at radius 1 is 1.38 bits per heavy atom. The van der Waals surface area contributed by atoms with Gasteiger partial charge in [0.2, 0.25) is 5.91 Å². The smallest absolute Gasteiger partial charge is 0.228 e. The van der Waals surface area contributed by atoms with Crippen molar-refractivity contribution in [3.8, 4) is 0 Å². The summed E-state index contributed by atoms with van der Waals surface area (Å²) in [5, 5.41) is 0. The zero-order valence-corrected chi connectivity index (χ0v) is 13.5. The molecule has 0 bridgehead atoms. The van der Waals surface area contributed by atoms with Crippen molar-refractivity contribution in [2.75, 3.05) is 32.1 Å². The Morgan fingerprint density at radius 3 is 2.71 bits per heavy atom. The maximum atomic E-state index is 12.4. The lowest BCUT2D eigenvalue weighted by Gasteiger charge is -2.21. The van der Waals surface area contributed by atoms with E-state index in [-0.39, 0.29) is 5.41 Å². The molecule has 4 nitrogen and oxygen atoms in total. The third-order valence-electron chi connectivity index (χ3n) is 4.88. The van der Waals surface area contributed by atoms with Crippen molar-refractivity contribution < 1.29 is 4.79 Å². The van der Waals surface area contributed by atoms with Gasteiger partial charge in [-0.25, -0.2) is 0 Å². The SMILES string of the molecule is Cc1cc(N(C)C)cc(C2CCN(C(=O)C3(C)CC3)C2)n1. The molecule has 2 fully saturated rings. The second kappa shape index (κ2) is 5.00. The maximum Gasteiger partial charge on any atom is 0.228 e. The van der Waals surface area contributed by atoms with Gasteiger partial charge in [-0.2, -0.15) is 0 Å². The van der Waals surface area contributed by atoms with E-state index in [0.29, 0.717) is 11.8 Å². The summed E-state index contributed by atoms with van der Waals surface area (Å²) in [5.74, 6) is 0.736. The fourth-order valence-electron chi connectivity index (χ4n) is 3.11. The minimum atomic E-state index is -0.0519. The van der Waals surface area contributed by atoms with Gasteiger partial charge < -0.3 is 9.80 Å². The van der Waals surface area contributed by atoms with Crippen LogP contribution in [0.5, 0.6) is 0 Å². The molecule has 1 atom stereocenters. The molecule has 114 valence electrons. The number of likely N-dealkylation sites (tertiary alicyclic amines) is 1. The average Bonchev–Trinajstić information content (AvgIpc) is 3.02. The third kappa shape index (κ3) is 2.76. The lowest BCUT2D eigenvalue weighted by molar-refractivity contribution is -0.135. The van der Waals surface area contributed by atoms with E-state index in [0.717, 1.165) is 43.7 Å². The first-order valence-electron chi connectivity index (χ1n) is 7.84. The summed E-state index contributed by atoms with van der Waals surface area (Å²) in [4.78, 5) is 21.3. The Labute approximate surface area is 127 Å². The fourth-order valence-corrected chi connectivity index (χ4v) is 3.11. The van der Waals surface area contributed by atoms with Crippen molar-refractivity contribution in [2.45, 2.75) is 39.0 Å². The molecule has 0 N–H and O–H groups in total. The molecule has 1 aliphatic heterocycles. The van der Waals surface area contributed by atoms with Crippen LogP contribution in [-0.2, 0) is 4.79 Å². The van der Waals surface area contributed by atoms with E-state index in [1.807, 2.05) is 6.92 Å². The first-order chi connectivity index (χ1) is 9.89. The number of aryl methyl sites for hydroxylation is 1. The van der Waals surface area contributed by atoms with E-state index in [2.05, 4.69) is 43.0 Å². The Kier molecular flexibility index (Phi) is 3.42. The highest BCUT2D eigenvalue weighted by molar-refractivity contribution is 5.85.